The summed E-state index contributed by atoms with van der Waals surface area (Å²) in [5, 5.41) is 5.62. The second-order valence-electron chi connectivity index (χ2n) is 7.68. The van der Waals surface area contributed by atoms with Crippen molar-refractivity contribution in [2.75, 3.05) is 23.7 Å². The van der Waals surface area contributed by atoms with Crippen molar-refractivity contribution >= 4 is 29.3 Å². The van der Waals surface area contributed by atoms with Gasteiger partial charge in [-0.1, -0.05) is 37.3 Å². The topological polar surface area (TPSA) is 87.7 Å². The molecule has 1 atom stereocenters. The highest BCUT2D eigenvalue weighted by Crippen LogP contribution is 2.21. The second kappa shape index (κ2) is 10.6. The highest BCUT2D eigenvalue weighted by atomic mass is 16.5. The smallest absolute Gasteiger partial charge is 0.321 e. The van der Waals surface area contributed by atoms with E-state index in [0.29, 0.717) is 31.6 Å². The molecule has 0 aliphatic carbocycles. The normalized spacial score (nSPS) is 15.1. The number of piperidine rings is 1. The zero-order valence-corrected chi connectivity index (χ0v) is 18.0. The van der Waals surface area contributed by atoms with Gasteiger partial charge in [0.05, 0.1) is 5.92 Å². The van der Waals surface area contributed by atoms with Crippen LogP contribution in [-0.4, -0.2) is 42.0 Å². The molecule has 7 nitrogen and oxygen atoms in total. The van der Waals surface area contributed by atoms with Gasteiger partial charge in [-0.25, -0.2) is 4.79 Å². The number of benzene rings is 2. The SMILES string of the molecule is CCc1ccc(NC(=O)[C@H](C)OC(=O)C2CCN(C(=O)Nc3ccccc3)CC2)cc1. The van der Waals surface area contributed by atoms with E-state index in [1.165, 1.54) is 5.56 Å². The van der Waals surface area contributed by atoms with Gasteiger partial charge in [-0.2, -0.15) is 0 Å². The molecule has 0 saturated carbocycles. The Morgan fingerprint density at radius 3 is 2.19 bits per heavy atom. The quantitative estimate of drug-likeness (QED) is 0.686. The summed E-state index contributed by atoms with van der Waals surface area (Å²) in [5.41, 5.74) is 2.59. The van der Waals surface area contributed by atoms with Crippen LogP contribution in [0.25, 0.3) is 0 Å². The Morgan fingerprint density at radius 1 is 0.968 bits per heavy atom. The zero-order valence-electron chi connectivity index (χ0n) is 18.0. The van der Waals surface area contributed by atoms with Crippen LogP contribution in [0.15, 0.2) is 54.6 Å². The van der Waals surface area contributed by atoms with E-state index in [4.69, 9.17) is 4.74 Å². The van der Waals surface area contributed by atoms with Crippen molar-refractivity contribution in [1.29, 1.82) is 0 Å². The summed E-state index contributed by atoms with van der Waals surface area (Å²) in [7, 11) is 0. The Hall–Kier alpha value is -3.35. The number of esters is 1. The molecule has 2 aromatic carbocycles. The number of carbonyl (C=O) groups excluding carboxylic acids is 3. The first kappa shape index (κ1) is 22.3. The summed E-state index contributed by atoms with van der Waals surface area (Å²) in [5.74, 6) is -1.08. The molecule has 1 saturated heterocycles. The summed E-state index contributed by atoms with van der Waals surface area (Å²) in [6.45, 7) is 4.55. The molecule has 2 aromatic rings. The van der Waals surface area contributed by atoms with Gasteiger partial charge in [-0.15, -0.1) is 0 Å². The lowest BCUT2D eigenvalue weighted by Gasteiger charge is -2.31. The molecule has 3 amide bonds. The van der Waals surface area contributed by atoms with E-state index < -0.39 is 12.1 Å². The van der Waals surface area contributed by atoms with Crippen molar-refractivity contribution < 1.29 is 19.1 Å². The second-order valence-corrected chi connectivity index (χ2v) is 7.68. The Kier molecular flexibility index (Phi) is 7.65. The highest BCUT2D eigenvalue weighted by Gasteiger charge is 2.30. The standard InChI is InChI=1S/C24H29N3O4/c1-3-18-9-11-21(12-10-18)25-22(28)17(2)31-23(29)19-13-15-27(16-14-19)24(30)26-20-7-5-4-6-8-20/h4-12,17,19H,3,13-16H2,1-2H3,(H,25,28)(H,26,30)/t17-/m0/s1. The van der Waals surface area contributed by atoms with Crippen LogP contribution in [0.3, 0.4) is 0 Å². The Morgan fingerprint density at radius 2 is 1.58 bits per heavy atom. The van der Waals surface area contributed by atoms with Crippen LogP contribution in [-0.2, 0) is 20.7 Å². The first-order valence-corrected chi connectivity index (χ1v) is 10.7. The largest absolute Gasteiger partial charge is 0.452 e. The van der Waals surface area contributed by atoms with Crippen molar-refractivity contribution in [2.24, 2.45) is 5.92 Å². The van der Waals surface area contributed by atoms with E-state index in [-0.39, 0.29) is 17.9 Å². The molecule has 1 aliphatic heterocycles. The number of para-hydroxylation sites is 1. The Bertz CT molecular complexity index is 891. The van der Waals surface area contributed by atoms with Crippen molar-refractivity contribution in [2.45, 2.75) is 39.2 Å². The number of aryl methyl sites for hydroxylation is 1. The van der Waals surface area contributed by atoms with Gasteiger partial charge in [-0.05, 0) is 56.0 Å². The fraction of sp³-hybridized carbons (Fsp3) is 0.375. The number of ether oxygens (including phenoxy) is 1. The van der Waals surface area contributed by atoms with Crippen LogP contribution in [0, 0.1) is 5.92 Å². The summed E-state index contributed by atoms with van der Waals surface area (Å²) in [4.78, 5) is 38.9. The number of likely N-dealkylation sites (tertiary alicyclic amines) is 1. The minimum absolute atomic E-state index is 0.181. The molecule has 1 aliphatic rings. The maximum absolute atomic E-state index is 12.5. The Labute approximate surface area is 182 Å². The minimum atomic E-state index is -0.891. The lowest BCUT2D eigenvalue weighted by Crippen LogP contribution is -2.43. The molecule has 164 valence electrons. The molecule has 0 spiro atoms. The van der Waals surface area contributed by atoms with Gasteiger partial charge in [-0.3, -0.25) is 9.59 Å². The molecule has 31 heavy (non-hydrogen) atoms. The first-order valence-electron chi connectivity index (χ1n) is 10.7. The maximum atomic E-state index is 12.5. The molecule has 0 unspecified atom stereocenters. The van der Waals surface area contributed by atoms with E-state index in [9.17, 15) is 14.4 Å². The molecular formula is C24H29N3O4. The summed E-state index contributed by atoms with van der Waals surface area (Å²) in [6, 6.07) is 16.6. The molecule has 1 fully saturated rings. The minimum Gasteiger partial charge on any atom is -0.452 e. The molecule has 1 heterocycles. The number of nitrogens with zero attached hydrogens (tertiary/aromatic N) is 1. The average Bonchev–Trinajstić information content (AvgIpc) is 2.80. The molecule has 0 aromatic heterocycles. The van der Waals surface area contributed by atoms with Crippen molar-refractivity contribution in [3.8, 4) is 0 Å². The van der Waals surface area contributed by atoms with Gasteiger partial charge in [0.15, 0.2) is 6.10 Å². The molecule has 3 rings (SSSR count). The third kappa shape index (κ3) is 6.31. The summed E-state index contributed by atoms with van der Waals surface area (Å²) >= 11 is 0. The first-order chi connectivity index (χ1) is 15.0. The number of urea groups is 1. The van der Waals surface area contributed by atoms with Crippen molar-refractivity contribution in [1.82, 2.24) is 4.90 Å². The lowest BCUT2D eigenvalue weighted by atomic mass is 9.97. The number of rotatable bonds is 6. The van der Waals surface area contributed by atoms with Gasteiger partial charge in [0.1, 0.15) is 0 Å². The molecule has 0 bridgehead atoms. The summed E-state index contributed by atoms with van der Waals surface area (Å²) in [6.07, 6.45) is 1.05. The number of hydrogen-bond acceptors (Lipinski definition) is 4. The van der Waals surface area contributed by atoms with Crippen LogP contribution in [0.1, 0.15) is 32.3 Å². The van der Waals surface area contributed by atoms with Crippen LogP contribution in [0.4, 0.5) is 16.2 Å². The van der Waals surface area contributed by atoms with Crippen LogP contribution < -0.4 is 10.6 Å². The number of anilines is 2. The third-order valence-electron chi connectivity index (χ3n) is 5.43. The fourth-order valence-corrected chi connectivity index (χ4v) is 3.43. The molecule has 2 N–H and O–H groups in total. The molecular weight excluding hydrogens is 394 g/mol. The van der Waals surface area contributed by atoms with E-state index in [1.807, 2.05) is 54.6 Å². The van der Waals surface area contributed by atoms with E-state index >= 15 is 0 Å². The third-order valence-corrected chi connectivity index (χ3v) is 5.43. The fourth-order valence-electron chi connectivity index (χ4n) is 3.43. The number of amides is 3. The van der Waals surface area contributed by atoms with Gasteiger partial charge < -0.3 is 20.3 Å². The van der Waals surface area contributed by atoms with Gasteiger partial charge in [0.25, 0.3) is 5.91 Å². The number of hydrogen-bond donors (Lipinski definition) is 2. The van der Waals surface area contributed by atoms with Gasteiger partial charge in [0.2, 0.25) is 0 Å². The molecule has 7 heteroatoms. The van der Waals surface area contributed by atoms with Crippen molar-refractivity contribution in [3.05, 3.63) is 60.2 Å². The van der Waals surface area contributed by atoms with E-state index in [0.717, 1.165) is 12.1 Å². The highest BCUT2D eigenvalue weighted by molar-refractivity contribution is 5.95. The van der Waals surface area contributed by atoms with Gasteiger partial charge in [0, 0.05) is 24.5 Å². The zero-order chi connectivity index (χ0) is 22.2. The van der Waals surface area contributed by atoms with Crippen LogP contribution in [0.2, 0.25) is 0 Å². The van der Waals surface area contributed by atoms with E-state index in [2.05, 4.69) is 17.6 Å². The Balaban J connectivity index is 1.43. The van der Waals surface area contributed by atoms with E-state index in [1.54, 1.807) is 11.8 Å². The predicted molar refractivity (Wildman–Crippen MR) is 120 cm³/mol. The van der Waals surface area contributed by atoms with Crippen molar-refractivity contribution in [3.63, 3.8) is 0 Å². The van der Waals surface area contributed by atoms with Crippen LogP contribution >= 0.6 is 0 Å². The summed E-state index contributed by atoms with van der Waals surface area (Å²) < 4.78 is 5.39. The number of carbonyl (C=O) groups is 3. The molecule has 0 radical (unpaired) electrons. The van der Waals surface area contributed by atoms with Gasteiger partial charge >= 0.3 is 12.0 Å². The maximum Gasteiger partial charge on any atom is 0.321 e. The number of nitrogens with one attached hydrogen (secondary N) is 2. The predicted octanol–water partition coefficient (Wildman–Crippen LogP) is 4.06. The average molecular weight is 424 g/mol. The lowest BCUT2D eigenvalue weighted by molar-refractivity contribution is -0.158. The monoisotopic (exact) mass is 423 g/mol. The van der Waals surface area contributed by atoms with Crippen LogP contribution in [0.5, 0.6) is 0 Å².